The smallest absolute Gasteiger partial charge is 0.419 e. The number of carboxylic acids is 1. The van der Waals surface area contributed by atoms with Gasteiger partial charge in [-0.15, -0.1) is 0 Å². The van der Waals surface area contributed by atoms with E-state index < -0.39 is 5.97 Å². The highest BCUT2D eigenvalue weighted by molar-refractivity contribution is 5.72. The molecule has 0 spiro atoms. The predicted molar refractivity (Wildman–Crippen MR) is 77.3 cm³/mol. The van der Waals surface area contributed by atoms with E-state index in [2.05, 4.69) is 4.90 Å². The molecule has 1 atom stereocenters. The highest BCUT2D eigenvalue weighted by Crippen LogP contribution is 2.19. The maximum atomic E-state index is 11.9. The van der Waals surface area contributed by atoms with E-state index in [1.165, 1.54) is 0 Å². The fraction of sp³-hybridized carbons (Fsp3) is 0.467. The van der Waals surface area contributed by atoms with E-state index in [4.69, 9.17) is 9.52 Å². The lowest BCUT2D eigenvalue weighted by atomic mass is 10.1. The van der Waals surface area contributed by atoms with Crippen molar-refractivity contribution in [3.05, 3.63) is 34.8 Å². The first kappa shape index (κ1) is 13.9. The van der Waals surface area contributed by atoms with Crippen LogP contribution in [0.15, 0.2) is 33.5 Å². The summed E-state index contributed by atoms with van der Waals surface area (Å²) in [6.45, 7) is 2.98. The van der Waals surface area contributed by atoms with E-state index in [0.717, 1.165) is 31.6 Å². The van der Waals surface area contributed by atoms with Gasteiger partial charge in [0.05, 0.1) is 5.52 Å². The molecular formula is C15H18N2O4. The lowest BCUT2D eigenvalue weighted by Crippen LogP contribution is -2.28. The summed E-state index contributed by atoms with van der Waals surface area (Å²) in [6.07, 6.45) is 1.14. The second-order valence-corrected chi connectivity index (χ2v) is 5.54. The van der Waals surface area contributed by atoms with Crippen LogP contribution in [0.25, 0.3) is 11.1 Å². The molecule has 1 aromatic heterocycles. The van der Waals surface area contributed by atoms with Crippen LogP contribution in [0.1, 0.15) is 12.8 Å². The summed E-state index contributed by atoms with van der Waals surface area (Å²) in [5.74, 6) is -0.850. The first-order chi connectivity index (χ1) is 10.1. The summed E-state index contributed by atoms with van der Waals surface area (Å²) >= 11 is 0. The molecule has 1 N–H and O–H groups in total. The van der Waals surface area contributed by atoms with Crippen molar-refractivity contribution in [2.24, 2.45) is 5.92 Å². The van der Waals surface area contributed by atoms with Crippen LogP contribution in [0.4, 0.5) is 0 Å². The molecule has 21 heavy (non-hydrogen) atoms. The summed E-state index contributed by atoms with van der Waals surface area (Å²) in [6, 6.07) is 7.38. The van der Waals surface area contributed by atoms with E-state index in [1.54, 1.807) is 10.6 Å². The third kappa shape index (κ3) is 3.00. The van der Waals surface area contributed by atoms with Gasteiger partial charge >= 0.3 is 11.7 Å². The Morgan fingerprint density at radius 1 is 1.33 bits per heavy atom. The maximum absolute atomic E-state index is 11.9. The Bertz CT molecular complexity index is 703. The molecule has 2 aromatic rings. The third-order valence-corrected chi connectivity index (χ3v) is 4.05. The highest BCUT2D eigenvalue weighted by Gasteiger charge is 2.24. The van der Waals surface area contributed by atoms with Gasteiger partial charge in [0.25, 0.3) is 0 Å². The SMILES string of the molecule is O=C(O)CC1CCN(CCn2c(=O)oc3ccccc32)C1. The average molecular weight is 290 g/mol. The minimum absolute atomic E-state index is 0.223. The van der Waals surface area contributed by atoms with E-state index in [-0.39, 0.29) is 18.1 Å². The molecule has 1 saturated heterocycles. The number of nitrogens with zero attached hydrogens (tertiary/aromatic N) is 2. The van der Waals surface area contributed by atoms with Crippen molar-refractivity contribution in [1.82, 2.24) is 9.47 Å². The number of carboxylic acid groups (broad SMARTS) is 1. The molecule has 112 valence electrons. The van der Waals surface area contributed by atoms with Gasteiger partial charge in [-0.1, -0.05) is 12.1 Å². The molecule has 1 unspecified atom stereocenters. The van der Waals surface area contributed by atoms with Crippen LogP contribution < -0.4 is 5.76 Å². The van der Waals surface area contributed by atoms with Crippen LogP contribution >= 0.6 is 0 Å². The largest absolute Gasteiger partial charge is 0.481 e. The van der Waals surface area contributed by atoms with E-state index >= 15 is 0 Å². The van der Waals surface area contributed by atoms with Gasteiger partial charge in [0.15, 0.2) is 5.58 Å². The van der Waals surface area contributed by atoms with Gasteiger partial charge < -0.3 is 14.4 Å². The van der Waals surface area contributed by atoms with Gasteiger partial charge in [-0.05, 0) is 31.0 Å². The number of para-hydroxylation sites is 2. The third-order valence-electron chi connectivity index (χ3n) is 4.05. The summed E-state index contributed by atoms with van der Waals surface area (Å²) < 4.78 is 6.84. The Balaban J connectivity index is 1.64. The average Bonchev–Trinajstić information content (AvgIpc) is 2.99. The monoisotopic (exact) mass is 290 g/mol. The fourth-order valence-electron chi connectivity index (χ4n) is 3.00. The topological polar surface area (TPSA) is 75.7 Å². The van der Waals surface area contributed by atoms with Crippen molar-refractivity contribution in [1.29, 1.82) is 0 Å². The molecule has 1 aromatic carbocycles. The fourth-order valence-corrected chi connectivity index (χ4v) is 3.00. The number of fused-ring (bicyclic) bond motifs is 1. The standard InChI is InChI=1S/C15H18N2O4/c18-14(19)9-11-5-6-16(10-11)7-8-17-12-3-1-2-4-13(12)21-15(17)20/h1-4,11H,5-10H2,(H,18,19). The molecule has 2 heterocycles. The number of likely N-dealkylation sites (tertiary alicyclic amines) is 1. The quantitative estimate of drug-likeness (QED) is 0.900. The predicted octanol–water partition coefficient (Wildman–Crippen LogP) is 1.39. The Morgan fingerprint density at radius 3 is 2.95 bits per heavy atom. The Morgan fingerprint density at radius 2 is 2.14 bits per heavy atom. The van der Waals surface area contributed by atoms with Crippen LogP contribution in [0.5, 0.6) is 0 Å². The molecule has 1 fully saturated rings. The lowest BCUT2D eigenvalue weighted by molar-refractivity contribution is -0.138. The van der Waals surface area contributed by atoms with Crippen molar-refractivity contribution in [2.75, 3.05) is 19.6 Å². The lowest BCUT2D eigenvalue weighted by Gasteiger charge is -2.15. The number of hydrogen-bond acceptors (Lipinski definition) is 4. The summed E-state index contributed by atoms with van der Waals surface area (Å²) in [5.41, 5.74) is 1.41. The normalized spacial score (nSPS) is 19.3. The van der Waals surface area contributed by atoms with Crippen molar-refractivity contribution in [3.8, 4) is 0 Å². The van der Waals surface area contributed by atoms with Crippen molar-refractivity contribution < 1.29 is 14.3 Å². The second-order valence-electron chi connectivity index (χ2n) is 5.54. The Labute approximate surface area is 121 Å². The number of aliphatic carboxylic acids is 1. The van der Waals surface area contributed by atoms with Crippen molar-refractivity contribution >= 4 is 17.1 Å². The summed E-state index contributed by atoms with van der Waals surface area (Å²) in [7, 11) is 0. The number of oxazole rings is 1. The molecule has 0 bridgehead atoms. The Hall–Kier alpha value is -2.08. The van der Waals surface area contributed by atoms with Crippen LogP contribution in [0.2, 0.25) is 0 Å². The number of hydrogen-bond donors (Lipinski definition) is 1. The molecule has 1 aliphatic heterocycles. The molecule has 0 amide bonds. The summed E-state index contributed by atoms with van der Waals surface area (Å²) in [4.78, 5) is 24.8. The number of aromatic nitrogens is 1. The van der Waals surface area contributed by atoms with E-state index in [0.29, 0.717) is 12.1 Å². The van der Waals surface area contributed by atoms with Gasteiger partial charge in [-0.2, -0.15) is 0 Å². The maximum Gasteiger partial charge on any atom is 0.419 e. The first-order valence-electron chi connectivity index (χ1n) is 7.16. The second kappa shape index (κ2) is 5.73. The minimum Gasteiger partial charge on any atom is -0.481 e. The zero-order valence-electron chi connectivity index (χ0n) is 11.7. The summed E-state index contributed by atoms with van der Waals surface area (Å²) in [5, 5.41) is 8.82. The molecule has 0 saturated carbocycles. The van der Waals surface area contributed by atoms with Gasteiger partial charge in [-0.25, -0.2) is 4.79 Å². The zero-order chi connectivity index (χ0) is 14.8. The van der Waals surface area contributed by atoms with Crippen LogP contribution in [0.3, 0.4) is 0 Å². The van der Waals surface area contributed by atoms with E-state index in [1.807, 2.05) is 18.2 Å². The molecule has 1 aliphatic rings. The number of rotatable bonds is 5. The number of carbonyl (C=O) groups is 1. The molecular weight excluding hydrogens is 272 g/mol. The van der Waals surface area contributed by atoms with Gasteiger partial charge in [-0.3, -0.25) is 9.36 Å². The Kier molecular flexibility index (Phi) is 3.79. The van der Waals surface area contributed by atoms with Gasteiger partial charge in [0.1, 0.15) is 0 Å². The molecule has 3 rings (SSSR count). The molecule has 0 aliphatic carbocycles. The minimum atomic E-state index is -0.737. The molecule has 6 nitrogen and oxygen atoms in total. The van der Waals surface area contributed by atoms with Crippen molar-refractivity contribution in [3.63, 3.8) is 0 Å². The molecule has 6 heteroatoms. The first-order valence-corrected chi connectivity index (χ1v) is 7.16. The molecule has 0 radical (unpaired) electrons. The highest BCUT2D eigenvalue weighted by atomic mass is 16.4. The van der Waals surface area contributed by atoms with Crippen LogP contribution in [-0.4, -0.2) is 40.2 Å². The van der Waals surface area contributed by atoms with Gasteiger partial charge in [0, 0.05) is 26.1 Å². The zero-order valence-corrected chi connectivity index (χ0v) is 11.7. The van der Waals surface area contributed by atoms with Gasteiger partial charge in [0.2, 0.25) is 0 Å². The van der Waals surface area contributed by atoms with E-state index in [9.17, 15) is 9.59 Å². The van der Waals surface area contributed by atoms with Crippen molar-refractivity contribution in [2.45, 2.75) is 19.4 Å². The van der Waals surface area contributed by atoms with Crippen LogP contribution in [0, 0.1) is 5.92 Å². The number of benzene rings is 1. The van der Waals surface area contributed by atoms with Crippen LogP contribution in [-0.2, 0) is 11.3 Å².